The first-order valence-corrected chi connectivity index (χ1v) is 5.74. The fourth-order valence-electron chi connectivity index (χ4n) is 2.24. The van der Waals surface area contributed by atoms with E-state index in [0.717, 1.165) is 18.7 Å². The van der Waals surface area contributed by atoms with Crippen LogP contribution in [0.5, 0.6) is 0 Å². The molecule has 0 atom stereocenters. The number of benzene rings is 1. The van der Waals surface area contributed by atoms with Gasteiger partial charge in [0, 0.05) is 12.6 Å². The van der Waals surface area contributed by atoms with Gasteiger partial charge in [-0.15, -0.1) is 0 Å². The van der Waals surface area contributed by atoms with Crippen LogP contribution in [0.4, 0.5) is 5.69 Å². The molecule has 1 aromatic carbocycles. The third-order valence-electron chi connectivity index (χ3n) is 3.27. The number of hydrogen-bond acceptors (Lipinski definition) is 2. The summed E-state index contributed by atoms with van der Waals surface area (Å²) >= 11 is 0. The summed E-state index contributed by atoms with van der Waals surface area (Å²) < 4.78 is 0. The quantitative estimate of drug-likeness (QED) is 0.812. The van der Waals surface area contributed by atoms with E-state index in [1.54, 1.807) is 0 Å². The molecular weight excluding hydrogens is 200 g/mol. The molecule has 1 aliphatic rings. The van der Waals surface area contributed by atoms with E-state index in [0.29, 0.717) is 5.41 Å². The predicted molar refractivity (Wildman–Crippen MR) is 65.3 cm³/mol. The highest BCUT2D eigenvalue weighted by molar-refractivity contribution is 5.88. The minimum Gasteiger partial charge on any atom is -0.330 e. The summed E-state index contributed by atoms with van der Waals surface area (Å²) in [6.07, 6.45) is 3.47. The molecule has 3 nitrogen and oxygen atoms in total. The SMILES string of the molecule is CC(=O)Nc1cccc(C2(CCN)CC2)c1. The summed E-state index contributed by atoms with van der Waals surface area (Å²) in [6.45, 7) is 2.25. The molecule has 1 amide bonds. The van der Waals surface area contributed by atoms with Gasteiger partial charge < -0.3 is 11.1 Å². The van der Waals surface area contributed by atoms with E-state index in [2.05, 4.69) is 17.4 Å². The highest BCUT2D eigenvalue weighted by atomic mass is 16.1. The minimum atomic E-state index is -0.0270. The highest BCUT2D eigenvalue weighted by Gasteiger charge is 2.43. The topological polar surface area (TPSA) is 55.1 Å². The third-order valence-corrected chi connectivity index (χ3v) is 3.27. The molecule has 1 fully saturated rings. The zero-order chi connectivity index (χ0) is 11.6. The summed E-state index contributed by atoms with van der Waals surface area (Å²) in [4.78, 5) is 11.0. The van der Waals surface area contributed by atoms with Crippen LogP contribution in [-0.2, 0) is 10.2 Å². The Hall–Kier alpha value is -1.35. The van der Waals surface area contributed by atoms with Gasteiger partial charge in [-0.25, -0.2) is 0 Å². The van der Waals surface area contributed by atoms with Gasteiger partial charge in [-0.2, -0.15) is 0 Å². The average molecular weight is 218 g/mol. The molecule has 0 unspecified atom stereocenters. The van der Waals surface area contributed by atoms with Crippen molar-refractivity contribution in [1.29, 1.82) is 0 Å². The van der Waals surface area contributed by atoms with Crippen LogP contribution in [0.2, 0.25) is 0 Å². The highest BCUT2D eigenvalue weighted by Crippen LogP contribution is 2.51. The van der Waals surface area contributed by atoms with Crippen LogP contribution in [0, 0.1) is 0 Å². The number of rotatable bonds is 4. The van der Waals surface area contributed by atoms with Crippen molar-refractivity contribution in [2.24, 2.45) is 5.73 Å². The molecule has 1 aliphatic carbocycles. The molecule has 2 rings (SSSR count). The van der Waals surface area contributed by atoms with Gasteiger partial charge in [0.15, 0.2) is 0 Å². The molecule has 0 radical (unpaired) electrons. The van der Waals surface area contributed by atoms with Crippen molar-refractivity contribution < 1.29 is 4.79 Å². The Balaban J connectivity index is 2.19. The fraction of sp³-hybridized carbons (Fsp3) is 0.462. The largest absolute Gasteiger partial charge is 0.330 e. The molecule has 16 heavy (non-hydrogen) atoms. The fourth-order valence-corrected chi connectivity index (χ4v) is 2.24. The first-order valence-electron chi connectivity index (χ1n) is 5.74. The molecule has 3 heteroatoms. The maximum atomic E-state index is 11.0. The van der Waals surface area contributed by atoms with Gasteiger partial charge in [0.05, 0.1) is 0 Å². The minimum absolute atomic E-state index is 0.0270. The van der Waals surface area contributed by atoms with Gasteiger partial charge in [0.25, 0.3) is 0 Å². The molecule has 86 valence electrons. The van der Waals surface area contributed by atoms with Crippen molar-refractivity contribution in [2.45, 2.75) is 31.6 Å². The number of carbonyl (C=O) groups is 1. The van der Waals surface area contributed by atoms with Crippen LogP contribution in [0.15, 0.2) is 24.3 Å². The number of anilines is 1. The molecule has 0 aromatic heterocycles. The van der Waals surface area contributed by atoms with E-state index in [9.17, 15) is 4.79 Å². The summed E-state index contributed by atoms with van der Waals surface area (Å²) in [5.41, 5.74) is 8.13. The molecule has 1 saturated carbocycles. The second-order valence-electron chi connectivity index (χ2n) is 4.58. The van der Waals surface area contributed by atoms with Gasteiger partial charge in [-0.1, -0.05) is 12.1 Å². The second kappa shape index (κ2) is 4.26. The molecule has 0 heterocycles. The van der Waals surface area contributed by atoms with Gasteiger partial charge in [0.2, 0.25) is 5.91 Å². The normalized spacial score (nSPS) is 16.9. The number of nitrogens with one attached hydrogen (secondary N) is 1. The molecule has 0 saturated heterocycles. The summed E-state index contributed by atoms with van der Waals surface area (Å²) in [7, 11) is 0. The van der Waals surface area contributed by atoms with Crippen LogP contribution in [0.3, 0.4) is 0 Å². The van der Waals surface area contributed by atoms with Crippen LogP contribution in [0.25, 0.3) is 0 Å². The lowest BCUT2D eigenvalue weighted by atomic mass is 9.92. The molecule has 0 bridgehead atoms. The standard InChI is InChI=1S/C13H18N2O/c1-10(16)15-12-4-2-3-11(9-12)13(5-6-13)7-8-14/h2-4,9H,5-8,14H2,1H3,(H,15,16). The number of hydrogen-bond donors (Lipinski definition) is 2. The van der Waals surface area contributed by atoms with Crippen molar-refractivity contribution in [3.63, 3.8) is 0 Å². The molecular formula is C13H18N2O. The molecule has 0 spiro atoms. The van der Waals surface area contributed by atoms with E-state index in [1.165, 1.54) is 25.3 Å². The van der Waals surface area contributed by atoms with Crippen molar-refractivity contribution in [3.05, 3.63) is 29.8 Å². The van der Waals surface area contributed by atoms with Gasteiger partial charge in [-0.3, -0.25) is 4.79 Å². The van der Waals surface area contributed by atoms with E-state index in [-0.39, 0.29) is 5.91 Å². The van der Waals surface area contributed by atoms with Crippen LogP contribution in [-0.4, -0.2) is 12.5 Å². The Morgan fingerprint density at radius 1 is 1.50 bits per heavy atom. The van der Waals surface area contributed by atoms with E-state index in [4.69, 9.17) is 5.73 Å². The maximum Gasteiger partial charge on any atom is 0.221 e. The van der Waals surface area contributed by atoms with Crippen molar-refractivity contribution in [1.82, 2.24) is 0 Å². The summed E-state index contributed by atoms with van der Waals surface area (Å²) in [5, 5.41) is 2.82. The lowest BCUT2D eigenvalue weighted by Crippen LogP contribution is -2.14. The van der Waals surface area contributed by atoms with Crippen LogP contribution < -0.4 is 11.1 Å². The zero-order valence-corrected chi connectivity index (χ0v) is 9.62. The number of nitrogens with two attached hydrogens (primary N) is 1. The van der Waals surface area contributed by atoms with Crippen molar-refractivity contribution in [3.8, 4) is 0 Å². The Bertz CT molecular complexity index is 397. The second-order valence-corrected chi connectivity index (χ2v) is 4.58. The average Bonchev–Trinajstić information content (AvgIpc) is 2.99. The Morgan fingerprint density at radius 3 is 2.81 bits per heavy atom. The van der Waals surface area contributed by atoms with Crippen LogP contribution >= 0.6 is 0 Å². The lowest BCUT2D eigenvalue weighted by Gasteiger charge is -2.15. The first-order chi connectivity index (χ1) is 7.66. The van der Waals surface area contributed by atoms with E-state index < -0.39 is 0 Å². The summed E-state index contributed by atoms with van der Waals surface area (Å²) in [5.74, 6) is -0.0270. The van der Waals surface area contributed by atoms with Gasteiger partial charge >= 0.3 is 0 Å². The Labute approximate surface area is 96.0 Å². The summed E-state index contributed by atoms with van der Waals surface area (Å²) in [6, 6.07) is 8.12. The smallest absolute Gasteiger partial charge is 0.221 e. The number of amides is 1. The Kier molecular flexibility index (Phi) is 2.97. The van der Waals surface area contributed by atoms with Gasteiger partial charge in [0.1, 0.15) is 0 Å². The van der Waals surface area contributed by atoms with E-state index >= 15 is 0 Å². The monoisotopic (exact) mass is 218 g/mol. The Morgan fingerprint density at radius 2 is 2.25 bits per heavy atom. The number of carbonyl (C=O) groups excluding carboxylic acids is 1. The van der Waals surface area contributed by atoms with Gasteiger partial charge in [-0.05, 0) is 48.9 Å². The third kappa shape index (κ3) is 2.25. The van der Waals surface area contributed by atoms with Crippen molar-refractivity contribution in [2.75, 3.05) is 11.9 Å². The first kappa shape index (κ1) is 11.1. The lowest BCUT2D eigenvalue weighted by molar-refractivity contribution is -0.114. The molecule has 0 aliphatic heterocycles. The van der Waals surface area contributed by atoms with E-state index in [1.807, 2.05) is 12.1 Å². The zero-order valence-electron chi connectivity index (χ0n) is 9.62. The van der Waals surface area contributed by atoms with Crippen LogP contribution in [0.1, 0.15) is 31.7 Å². The van der Waals surface area contributed by atoms with Crippen molar-refractivity contribution >= 4 is 11.6 Å². The molecule has 1 aromatic rings. The maximum absolute atomic E-state index is 11.0. The predicted octanol–water partition coefficient (Wildman–Crippen LogP) is 2.03. The molecule has 3 N–H and O–H groups in total.